The topological polar surface area (TPSA) is 122 Å². The summed E-state index contributed by atoms with van der Waals surface area (Å²) >= 11 is 0. The van der Waals surface area contributed by atoms with E-state index in [1.807, 2.05) is 6.07 Å². The van der Waals surface area contributed by atoms with Gasteiger partial charge in [0.25, 0.3) is 0 Å². The van der Waals surface area contributed by atoms with Gasteiger partial charge in [0, 0.05) is 43.6 Å². The molecule has 0 bridgehead atoms. The Balaban J connectivity index is 2.25. The van der Waals surface area contributed by atoms with E-state index < -0.39 is 25.5 Å². The molecule has 2 fully saturated rings. The van der Waals surface area contributed by atoms with Gasteiger partial charge in [-0.3, -0.25) is 0 Å². The van der Waals surface area contributed by atoms with Gasteiger partial charge in [0.2, 0.25) is 20.0 Å². The number of hydrogen-bond acceptors (Lipinski definition) is 6. The molecule has 0 N–H and O–H groups in total. The Bertz CT molecular complexity index is 832. The third-order valence-electron chi connectivity index (χ3n) is 4.62. The molecule has 2 aliphatic rings. The van der Waals surface area contributed by atoms with E-state index in [1.54, 1.807) is 13.8 Å². The summed E-state index contributed by atoms with van der Waals surface area (Å²) in [6.45, 7) is 3.59. The van der Waals surface area contributed by atoms with Crippen LogP contribution >= 0.6 is 0 Å². The Morgan fingerprint density at radius 2 is 1.54 bits per heavy atom. The SMILES string of the molecule is CCS(=O)(=O)N1CC(=C(C#N)C2(CC#N)CN(S(=O)(=O)CC)C2)C1. The van der Waals surface area contributed by atoms with Crippen molar-refractivity contribution in [2.24, 2.45) is 5.41 Å². The fourth-order valence-corrected chi connectivity index (χ4v) is 5.33. The van der Waals surface area contributed by atoms with Crippen LogP contribution in [0.4, 0.5) is 0 Å². The van der Waals surface area contributed by atoms with Crippen LogP contribution in [-0.2, 0) is 20.0 Å². The highest BCUT2D eigenvalue weighted by Crippen LogP contribution is 2.44. The summed E-state index contributed by atoms with van der Waals surface area (Å²) in [6.07, 6.45) is 0.0374. The molecule has 2 saturated heterocycles. The van der Waals surface area contributed by atoms with Crippen LogP contribution in [0, 0.1) is 28.1 Å². The molecule has 0 aromatic carbocycles. The van der Waals surface area contributed by atoms with E-state index in [1.165, 1.54) is 8.61 Å². The molecule has 10 heteroatoms. The van der Waals surface area contributed by atoms with E-state index >= 15 is 0 Å². The summed E-state index contributed by atoms with van der Waals surface area (Å²) in [4.78, 5) is 0. The Morgan fingerprint density at radius 1 is 1.04 bits per heavy atom. The molecule has 2 rings (SSSR count). The maximum Gasteiger partial charge on any atom is 0.214 e. The summed E-state index contributed by atoms with van der Waals surface area (Å²) in [5, 5.41) is 18.6. The zero-order valence-corrected chi connectivity index (χ0v) is 15.3. The van der Waals surface area contributed by atoms with E-state index in [2.05, 4.69) is 6.07 Å². The monoisotopic (exact) mass is 372 g/mol. The van der Waals surface area contributed by atoms with Crippen LogP contribution in [0.2, 0.25) is 0 Å². The van der Waals surface area contributed by atoms with Crippen molar-refractivity contribution in [2.75, 3.05) is 37.7 Å². The number of nitrogens with zero attached hydrogens (tertiary/aromatic N) is 4. The lowest BCUT2D eigenvalue weighted by molar-refractivity contribution is 0.115. The first-order valence-corrected chi connectivity index (χ1v) is 10.8. The average molecular weight is 372 g/mol. The van der Waals surface area contributed by atoms with Crippen LogP contribution in [0.15, 0.2) is 11.1 Å². The molecule has 24 heavy (non-hydrogen) atoms. The first-order chi connectivity index (χ1) is 11.2. The van der Waals surface area contributed by atoms with Crippen molar-refractivity contribution >= 4 is 20.0 Å². The highest BCUT2D eigenvalue weighted by molar-refractivity contribution is 7.89. The molecule has 0 amide bonds. The number of rotatable bonds is 6. The quantitative estimate of drug-likeness (QED) is 0.607. The summed E-state index contributed by atoms with van der Waals surface area (Å²) in [6, 6.07) is 4.13. The molecule has 0 aromatic heterocycles. The maximum absolute atomic E-state index is 11.9. The third-order valence-corrected chi connectivity index (χ3v) is 8.17. The van der Waals surface area contributed by atoms with Gasteiger partial charge in [0.15, 0.2) is 0 Å². The molecule has 2 aliphatic heterocycles. The maximum atomic E-state index is 11.9. The lowest BCUT2D eigenvalue weighted by Crippen LogP contribution is -2.60. The van der Waals surface area contributed by atoms with Crippen LogP contribution in [0.3, 0.4) is 0 Å². The molecule has 132 valence electrons. The van der Waals surface area contributed by atoms with Gasteiger partial charge in [-0.2, -0.15) is 19.1 Å². The zero-order chi connectivity index (χ0) is 18.2. The van der Waals surface area contributed by atoms with Crippen molar-refractivity contribution in [3.63, 3.8) is 0 Å². The Labute approximate surface area is 143 Å². The Hall–Kier alpha value is -1.46. The number of hydrogen-bond donors (Lipinski definition) is 0. The van der Waals surface area contributed by atoms with Crippen LogP contribution in [0.25, 0.3) is 0 Å². The van der Waals surface area contributed by atoms with Crippen molar-refractivity contribution in [1.82, 2.24) is 8.61 Å². The van der Waals surface area contributed by atoms with E-state index in [0.29, 0.717) is 11.1 Å². The van der Waals surface area contributed by atoms with Gasteiger partial charge in [-0.05, 0) is 19.4 Å². The van der Waals surface area contributed by atoms with E-state index in [4.69, 9.17) is 5.26 Å². The van der Waals surface area contributed by atoms with Gasteiger partial charge < -0.3 is 0 Å². The van der Waals surface area contributed by atoms with Crippen molar-refractivity contribution in [2.45, 2.75) is 20.3 Å². The Morgan fingerprint density at radius 3 is 1.96 bits per heavy atom. The molecule has 2 heterocycles. The molecule has 0 radical (unpaired) electrons. The lowest BCUT2D eigenvalue weighted by Gasteiger charge is -2.49. The highest BCUT2D eigenvalue weighted by Gasteiger charge is 2.52. The van der Waals surface area contributed by atoms with Crippen molar-refractivity contribution in [1.29, 1.82) is 10.5 Å². The predicted octanol–water partition coefficient (Wildman–Crippen LogP) is 0.0373. The van der Waals surface area contributed by atoms with Gasteiger partial charge in [0.1, 0.15) is 0 Å². The molecular weight excluding hydrogens is 352 g/mol. The second-order valence-corrected chi connectivity index (χ2v) is 10.6. The summed E-state index contributed by atoms with van der Waals surface area (Å²) in [5.41, 5.74) is 0.232. The summed E-state index contributed by atoms with van der Waals surface area (Å²) < 4.78 is 50.0. The van der Waals surface area contributed by atoms with Gasteiger partial charge in [0.05, 0.1) is 23.6 Å². The first-order valence-electron chi connectivity index (χ1n) is 7.61. The second-order valence-electron chi connectivity index (χ2n) is 6.04. The Kier molecular flexibility index (Phi) is 5.07. The highest BCUT2D eigenvalue weighted by atomic mass is 32.2. The van der Waals surface area contributed by atoms with E-state index in [0.717, 1.165) is 0 Å². The minimum atomic E-state index is -3.36. The van der Waals surface area contributed by atoms with Gasteiger partial charge >= 0.3 is 0 Å². The molecule has 0 atom stereocenters. The van der Waals surface area contributed by atoms with Crippen LogP contribution < -0.4 is 0 Å². The van der Waals surface area contributed by atoms with Crippen molar-refractivity contribution in [3.8, 4) is 12.1 Å². The fraction of sp³-hybridized carbons (Fsp3) is 0.714. The molecule has 0 spiro atoms. The second kappa shape index (κ2) is 6.45. The normalized spacial score (nSPS) is 21.2. The standard InChI is InChI=1S/C14H20N4O4S2/c1-3-23(19,20)17-8-12(9-17)13(7-16)14(5-6-15)10-18(11-14)24(21,22)4-2/h3-5,8-11H2,1-2H3. The molecule has 0 aliphatic carbocycles. The fourth-order valence-electron chi connectivity index (χ4n) is 3.01. The first kappa shape index (κ1) is 18.9. The molecule has 0 aromatic rings. The van der Waals surface area contributed by atoms with Gasteiger partial charge in [-0.1, -0.05) is 0 Å². The van der Waals surface area contributed by atoms with E-state index in [9.17, 15) is 22.1 Å². The summed E-state index contributed by atoms with van der Waals surface area (Å²) in [7, 11) is -6.66. The minimum Gasteiger partial charge on any atom is -0.212 e. The van der Waals surface area contributed by atoms with Crippen molar-refractivity contribution in [3.05, 3.63) is 11.1 Å². The average Bonchev–Trinajstić information content (AvgIpc) is 2.45. The van der Waals surface area contributed by atoms with Gasteiger partial charge in [-0.25, -0.2) is 16.8 Å². The van der Waals surface area contributed by atoms with Crippen molar-refractivity contribution < 1.29 is 16.8 Å². The third kappa shape index (κ3) is 3.07. The zero-order valence-electron chi connectivity index (χ0n) is 13.7. The molecular formula is C14H20N4O4S2. The van der Waals surface area contributed by atoms with Crippen LogP contribution in [-0.4, -0.2) is 63.1 Å². The van der Waals surface area contributed by atoms with E-state index in [-0.39, 0.29) is 44.1 Å². The summed E-state index contributed by atoms with van der Waals surface area (Å²) in [5.74, 6) is -0.0371. The smallest absolute Gasteiger partial charge is 0.212 e. The minimum absolute atomic E-state index is 0.00593. The van der Waals surface area contributed by atoms with Gasteiger partial charge in [-0.15, -0.1) is 0 Å². The lowest BCUT2D eigenvalue weighted by atomic mass is 9.70. The largest absolute Gasteiger partial charge is 0.214 e. The number of nitriles is 2. The predicted molar refractivity (Wildman–Crippen MR) is 87.4 cm³/mol. The van der Waals surface area contributed by atoms with Crippen LogP contribution in [0.5, 0.6) is 0 Å². The molecule has 0 unspecified atom stereocenters. The van der Waals surface area contributed by atoms with Crippen LogP contribution in [0.1, 0.15) is 20.3 Å². The molecule has 8 nitrogen and oxygen atoms in total. The number of sulfonamides is 2. The molecule has 0 saturated carbocycles.